The van der Waals surface area contributed by atoms with E-state index in [0.29, 0.717) is 22.7 Å². The number of urea groups is 1. The van der Waals surface area contributed by atoms with Crippen LogP contribution in [0.3, 0.4) is 0 Å². The normalized spacial score (nSPS) is 10.4. The molecule has 6 nitrogen and oxygen atoms in total. The zero-order valence-electron chi connectivity index (χ0n) is 20.4. The maximum absolute atomic E-state index is 13.2. The number of nitrogens with zero attached hydrogens (tertiary/aromatic N) is 1. The van der Waals surface area contributed by atoms with Gasteiger partial charge in [0.2, 0.25) is 0 Å². The van der Waals surface area contributed by atoms with Gasteiger partial charge in [-0.25, -0.2) is 4.79 Å². The van der Waals surface area contributed by atoms with Gasteiger partial charge in [-0.3, -0.25) is 9.69 Å². The van der Waals surface area contributed by atoms with Gasteiger partial charge in [0.25, 0.3) is 5.91 Å². The molecule has 4 aromatic rings. The third-order valence-corrected chi connectivity index (χ3v) is 5.69. The Kier molecular flexibility index (Phi) is 7.98. The molecule has 36 heavy (non-hydrogen) atoms. The third-order valence-electron chi connectivity index (χ3n) is 5.69. The fourth-order valence-electron chi connectivity index (χ4n) is 3.70. The van der Waals surface area contributed by atoms with Crippen molar-refractivity contribution < 1.29 is 14.3 Å². The van der Waals surface area contributed by atoms with Crippen LogP contribution < -0.4 is 20.3 Å². The van der Waals surface area contributed by atoms with Crippen molar-refractivity contribution in [2.75, 3.05) is 23.3 Å². The summed E-state index contributed by atoms with van der Waals surface area (Å²) < 4.78 is 5.88. The minimum atomic E-state index is -0.291. The largest absolute Gasteiger partial charge is 0.457 e. The molecule has 4 rings (SSSR count). The monoisotopic (exact) mass is 479 g/mol. The van der Waals surface area contributed by atoms with Crippen molar-refractivity contribution in [2.24, 2.45) is 0 Å². The highest BCUT2D eigenvalue weighted by molar-refractivity contribution is 6.02. The number of carbonyl (C=O) groups excluding carboxylic acids is 2. The second-order valence-corrected chi connectivity index (χ2v) is 8.43. The van der Waals surface area contributed by atoms with Crippen molar-refractivity contribution in [3.8, 4) is 11.5 Å². The van der Waals surface area contributed by atoms with Crippen LogP contribution >= 0.6 is 0 Å². The molecule has 0 unspecified atom stereocenters. The molecule has 3 amide bonds. The summed E-state index contributed by atoms with van der Waals surface area (Å²) in [6.07, 6.45) is 0. The number of aryl methyl sites for hydroxylation is 2. The zero-order chi connectivity index (χ0) is 25.3. The SMILES string of the molecule is Cc1ccc(NC(=O)N(CCNC(=O)c2ccccc2C)c2ccc(Oc3ccccc3)cc2)cc1. The van der Waals surface area contributed by atoms with Crippen molar-refractivity contribution >= 4 is 23.3 Å². The molecule has 0 atom stereocenters. The lowest BCUT2D eigenvalue weighted by atomic mass is 10.1. The number of benzene rings is 4. The van der Waals surface area contributed by atoms with Gasteiger partial charge < -0.3 is 15.4 Å². The molecule has 182 valence electrons. The summed E-state index contributed by atoms with van der Waals surface area (Å²) in [5, 5.41) is 5.87. The molecule has 0 saturated carbocycles. The second-order valence-electron chi connectivity index (χ2n) is 8.43. The van der Waals surface area contributed by atoms with Crippen molar-refractivity contribution in [1.82, 2.24) is 5.32 Å². The predicted molar refractivity (Wildman–Crippen MR) is 144 cm³/mol. The smallest absolute Gasteiger partial charge is 0.326 e. The summed E-state index contributed by atoms with van der Waals surface area (Å²) in [6.45, 7) is 4.47. The molecule has 4 aromatic carbocycles. The second kappa shape index (κ2) is 11.7. The average molecular weight is 480 g/mol. The fourth-order valence-corrected chi connectivity index (χ4v) is 3.70. The summed E-state index contributed by atoms with van der Waals surface area (Å²) >= 11 is 0. The molecule has 0 aliphatic heterocycles. The van der Waals surface area contributed by atoms with Crippen LogP contribution in [0.1, 0.15) is 21.5 Å². The van der Waals surface area contributed by atoms with Gasteiger partial charge >= 0.3 is 6.03 Å². The third kappa shape index (κ3) is 6.51. The molecule has 0 saturated heterocycles. The number of rotatable bonds is 8. The van der Waals surface area contributed by atoms with Gasteiger partial charge in [-0.15, -0.1) is 0 Å². The number of carbonyl (C=O) groups is 2. The van der Waals surface area contributed by atoms with E-state index in [0.717, 1.165) is 16.9 Å². The minimum absolute atomic E-state index is 0.168. The Bertz CT molecular complexity index is 1300. The van der Waals surface area contributed by atoms with E-state index < -0.39 is 0 Å². The van der Waals surface area contributed by atoms with E-state index in [9.17, 15) is 9.59 Å². The Morgan fingerprint density at radius 1 is 0.750 bits per heavy atom. The number of amides is 3. The molecule has 6 heteroatoms. The fraction of sp³-hybridized carbons (Fsp3) is 0.133. The highest BCUT2D eigenvalue weighted by Crippen LogP contribution is 2.25. The molecule has 0 fully saturated rings. The van der Waals surface area contributed by atoms with Crippen LogP contribution in [-0.2, 0) is 0 Å². The van der Waals surface area contributed by atoms with E-state index in [1.54, 1.807) is 11.0 Å². The minimum Gasteiger partial charge on any atom is -0.457 e. The Morgan fingerprint density at radius 2 is 1.39 bits per heavy atom. The molecule has 0 radical (unpaired) electrons. The van der Waals surface area contributed by atoms with Gasteiger partial charge in [-0.1, -0.05) is 54.1 Å². The number of para-hydroxylation sites is 1. The van der Waals surface area contributed by atoms with Crippen LogP contribution in [0.5, 0.6) is 11.5 Å². The van der Waals surface area contributed by atoms with Crippen LogP contribution in [0, 0.1) is 13.8 Å². The van der Waals surface area contributed by atoms with E-state index in [2.05, 4.69) is 10.6 Å². The van der Waals surface area contributed by atoms with Gasteiger partial charge in [-0.05, 0) is 74.0 Å². The molecule has 0 aromatic heterocycles. The first-order chi connectivity index (χ1) is 17.5. The number of ether oxygens (including phenoxy) is 1. The Hall–Kier alpha value is -4.58. The Labute approximate surface area is 211 Å². The van der Waals surface area contributed by atoms with Crippen molar-refractivity contribution in [3.05, 3.63) is 120 Å². The number of hydrogen-bond donors (Lipinski definition) is 2. The van der Waals surface area contributed by atoms with Crippen LogP contribution in [0.2, 0.25) is 0 Å². The van der Waals surface area contributed by atoms with Crippen LogP contribution in [0.25, 0.3) is 0 Å². The lowest BCUT2D eigenvalue weighted by molar-refractivity contribution is 0.0954. The quantitative estimate of drug-likeness (QED) is 0.300. The number of anilines is 2. The standard InChI is InChI=1S/C30H29N3O3/c1-22-12-14-24(15-13-22)32-30(35)33(21-20-31-29(34)28-11-7-6-8-23(28)2)25-16-18-27(19-17-25)36-26-9-4-3-5-10-26/h3-19H,20-21H2,1-2H3,(H,31,34)(H,32,35). The average Bonchev–Trinajstić information content (AvgIpc) is 2.89. The van der Waals surface area contributed by atoms with Gasteiger partial charge in [0, 0.05) is 30.0 Å². The molecular weight excluding hydrogens is 450 g/mol. The van der Waals surface area contributed by atoms with Crippen molar-refractivity contribution in [1.29, 1.82) is 0 Å². The highest BCUT2D eigenvalue weighted by Gasteiger charge is 2.17. The molecule has 2 N–H and O–H groups in total. The van der Waals surface area contributed by atoms with Crippen molar-refractivity contribution in [2.45, 2.75) is 13.8 Å². The molecule has 0 aliphatic rings. The summed E-state index contributed by atoms with van der Waals surface area (Å²) in [5.41, 5.74) is 4.01. The first-order valence-corrected chi connectivity index (χ1v) is 11.8. The maximum Gasteiger partial charge on any atom is 0.326 e. The van der Waals surface area contributed by atoms with E-state index in [1.807, 2.05) is 111 Å². The Morgan fingerprint density at radius 3 is 2.08 bits per heavy atom. The van der Waals surface area contributed by atoms with Crippen LogP contribution in [0.15, 0.2) is 103 Å². The summed E-state index contributed by atoms with van der Waals surface area (Å²) in [7, 11) is 0. The summed E-state index contributed by atoms with van der Waals surface area (Å²) in [5.74, 6) is 1.23. The van der Waals surface area contributed by atoms with Crippen molar-refractivity contribution in [3.63, 3.8) is 0 Å². The van der Waals surface area contributed by atoms with E-state index >= 15 is 0 Å². The van der Waals surface area contributed by atoms with Gasteiger partial charge in [-0.2, -0.15) is 0 Å². The number of nitrogens with one attached hydrogen (secondary N) is 2. The number of hydrogen-bond acceptors (Lipinski definition) is 3. The van der Waals surface area contributed by atoms with Gasteiger partial charge in [0.1, 0.15) is 11.5 Å². The Balaban J connectivity index is 1.47. The molecule has 0 bridgehead atoms. The van der Waals surface area contributed by atoms with Crippen LogP contribution in [0.4, 0.5) is 16.2 Å². The van der Waals surface area contributed by atoms with Gasteiger partial charge in [0.15, 0.2) is 0 Å². The van der Waals surface area contributed by atoms with E-state index in [4.69, 9.17) is 4.74 Å². The molecule has 0 heterocycles. The first-order valence-electron chi connectivity index (χ1n) is 11.8. The first kappa shape index (κ1) is 24.5. The lowest BCUT2D eigenvalue weighted by Crippen LogP contribution is -2.41. The van der Waals surface area contributed by atoms with E-state index in [1.165, 1.54) is 0 Å². The molecule has 0 spiro atoms. The topological polar surface area (TPSA) is 70.7 Å². The summed E-state index contributed by atoms with van der Waals surface area (Å²) in [4.78, 5) is 27.5. The lowest BCUT2D eigenvalue weighted by Gasteiger charge is -2.24. The van der Waals surface area contributed by atoms with E-state index in [-0.39, 0.29) is 25.0 Å². The van der Waals surface area contributed by atoms with Gasteiger partial charge in [0.05, 0.1) is 0 Å². The maximum atomic E-state index is 13.2. The zero-order valence-corrected chi connectivity index (χ0v) is 20.4. The predicted octanol–water partition coefficient (Wildman–Crippen LogP) is 6.56. The molecular formula is C30H29N3O3. The highest BCUT2D eigenvalue weighted by atomic mass is 16.5. The summed E-state index contributed by atoms with van der Waals surface area (Å²) in [6, 6.07) is 31.5. The van der Waals surface area contributed by atoms with Crippen LogP contribution in [-0.4, -0.2) is 25.0 Å². The molecule has 0 aliphatic carbocycles.